The van der Waals surface area contributed by atoms with E-state index in [0.29, 0.717) is 5.56 Å². The number of rotatable bonds is 13. The highest BCUT2D eigenvalue weighted by Gasteiger charge is 2.29. The zero-order chi connectivity index (χ0) is 26.5. The third-order valence-corrected chi connectivity index (χ3v) is 5.12. The lowest BCUT2D eigenvalue weighted by Gasteiger charge is -2.26. The minimum atomic E-state index is -1.89. The third-order valence-electron chi connectivity index (χ3n) is 5.12. The molecule has 0 aromatic heterocycles. The van der Waals surface area contributed by atoms with Crippen LogP contribution in [0.2, 0.25) is 0 Å². The van der Waals surface area contributed by atoms with Crippen molar-refractivity contribution in [3.8, 4) is 0 Å². The second kappa shape index (κ2) is 14.5. The standard InChI is InChI=1S/C28H27FO8/c1-33-25(19-36-28(32)22-15-9-4-10-16-22)37-24(18-35-27(31)21-13-7-3-8-14-21)23(29)17-34-26(30)20-11-5-2-6-12-20/h2-16,23-25H,17-19H2,1H3. The molecule has 9 heteroatoms. The molecule has 0 amide bonds. The van der Waals surface area contributed by atoms with Gasteiger partial charge in [-0.3, -0.25) is 0 Å². The fraction of sp³-hybridized carbons (Fsp3) is 0.250. The predicted molar refractivity (Wildman–Crippen MR) is 131 cm³/mol. The maximum Gasteiger partial charge on any atom is 0.338 e. The van der Waals surface area contributed by atoms with Crippen LogP contribution >= 0.6 is 0 Å². The van der Waals surface area contributed by atoms with Crippen molar-refractivity contribution in [2.45, 2.75) is 18.6 Å². The SMILES string of the molecule is COC(COC(=O)c1ccccc1)OC(COC(=O)c1ccccc1)C(F)COC(=O)c1ccccc1. The number of esters is 3. The molecule has 0 N–H and O–H groups in total. The van der Waals surface area contributed by atoms with E-state index in [4.69, 9.17) is 23.7 Å². The number of hydrogen-bond donors (Lipinski definition) is 0. The van der Waals surface area contributed by atoms with Crippen molar-refractivity contribution in [3.63, 3.8) is 0 Å². The first-order valence-corrected chi connectivity index (χ1v) is 11.5. The molecular weight excluding hydrogens is 483 g/mol. The average Bonchev–Trinajstić information content (AvgIpc) is 2.96. The summed E-state index contributed by atoms with van der Waals surface area (Å²) in [6.45, 7) is -1.53. The normalized spacial score (nSPS) is 13.1. The molecule has 8 nitrogen and oxygen atoms in total. The highest BCUT2D eigenvalue weighted by atomic mass is 19.1. The molecular formula is C28H27FO8. The third kappa shape index (κ3) is 8.82. The van der Waals surface area contributed by atoms with E-state index in [2.05, 4.69) is 0 Å². The number of carbonyl (C=O) groups is 3. The van der Waals surface area contributed by atoms with Gasteiger partial charge in [-0.25, -0.2) is 18.8 Å². The Hall–Kier alpha value is -4.08. The highest BCUT2D eigenvalue weighted by molar-refractivity contribution is 5.90. The number of benzene rings is 3. The van der Waals surface area contributed by atoms with E-state index in [1.807, 2.05) is 0 Å². The Morgan fingerprint density at radius 2 is 1.00 bits per heavy atom. The molecule has 3 atom stereocenters. The van der Waals surface area contributed by atoms with Crippen molar-refractivity contribution in [2.75, 3.05) is 26.9 Å². The predicted octanol–water partition coefficient (Wildman–Crippen LogP) is 4.25. The Bertz CT molecular complexity index is 1120. The maximum atomic E-state index is 15.2. The second-order valence-corrected chi connectivity index (χ2v) is 7.75. The summed E-state index contributed by atoms with van der Waals surface area (Å²) in [7, 11) is 1.29. The monoisotopic (exact) mass is 510 g/mol. The molecule has 0 radical (unpaired) electrons. The number of ether oxygens (including phenoxy) is 5. The minimum Gasteiger partial charge on any atom is -0.459 e. The van der Waals surface area contributed by atoms with Gasteiger partial charge in [0.25, 0.3) is 0 Å². The highest BCUT2D eigenvalue weighted by Crippen LogP contribution is 2.14. The minimum absolute atomic E-state index is 0.255. The molecule has 37 heavy (non-hydrogen) atoms. The van der Waals surface area contributed by atoms with Crippen molar-refractivity contribution in [2.24, 2.45) is 0 Å². The fourth-order valence-corrected chi connectivity index (χ4v) is 3.12. The van der Waals surface area contributed by atoms with Crippen molar-refractivity contribution < 1.29 is 42.5 Å². The van der Waals surface area contributed by atoms with E-state index in [0.717, 1.165) is 0 Å². The van der Waals surface area contributed by atoms with Gasteiger partial charge in [0.1, 0.15) is 25.9 Å². The lowest BCUT2D eigenvalue weighted by Crippen LogP contribution is -2.40. The van der Waals surface area contributed by atoms with Crippen molar-refractivity contribution in [1.29, 1.82) is 0 Å². The molecule has 0 aliphatic heterocycles. The van der Waals surface area contributed by atoms with E-state index >= 15 is 4.39 Å². The molecule has 0 bridgehead atoms. The van der Waals surface area contributed by atoms with Crippen LogP contribution in [0, 0.1) is 0 Å². The summed E-state index contributed by atoms with van der Waals surface area (Å²) in [6, 6.07) is 24.5. The fourth-order valence-electron chi connectivity index (χ4n) is 3.12. The average molecular weight is 511 g/mol. The van der Waals surface area contributed by atoms with Crippen LogP contribution in [0.25, 0.3) is 0 Å². The number of alkyl halides is 1. The molecule has 3 unspecified atom stereocenters. The smallest absolute Gasteiger partial charge is 0.338 e. The van der Waals surface area contributed by atoms with Crippen LogP contribution in [-0.4, -0.2) is 63.4 Å². The number of carbonyl (C=O) groups excluding carboxylic acids is 3. The van der Waals surface area contributed by atoms with Gasteiger partial charge in [0.05, 0.1) is 16.7 Å². The van der Waals surface area contributed by atoms with Gasteiger partial charge in [0, 0.05) is 7.11 Å². The van der Waals surface area contributed by atoms with E-state index in [9.17, 15) is 14.4 Å². The summed E-state index contributed by atoms with van der Waals surface area (Å²) in [5.41, 5.74) is 0.847. The second-order valence-electron chi connectivity index (χ2n) is 7.75. The van der Waals surface area contributed by atoms with Crippen molar-refractivity contribution in [1.82, 2.24) is 0 Å². The Morgan fingerprint density at radius 1 is 0.622 bits per heavy atom. The van der Waals surface area contributed by atoms with Crippen LogP contribution in [0.15, 0.2) is 91.0 Å². The maximum absolute atomic E-state index is 15.2. The lowest BCUT2D eigenvalue weighted by atomic mass is 10.2. The lowest BCUT2D eigenvalue weighted by molar-refractivity contribution is -0.198. The molecule has 3 rings (SSSR count). The number of hydrogen-bond acceptors (Lipinski definition) is 8. The van der Waals surface area contributed by atoms with Gasteiger partial charge in [-0.15, -0.1) is 0 Å². The zero-order valence-electron chi connectivity index (χ0n) is 20.2. The Kier molecular flexibility index (Phi) is 10.8. The van der Waals surface area contributed by atoms with Crippen LogP contribution in [-0.2, 0) is 23.7 Å². The number of methoxy groups -OCH3 is 1. The van der Waals surface area contributed by atoms with Gasteiger partial charge in [-0.2, -0.15) is 0 Å². The van der Waals surface area contributed by atoms with Gasteiger partial charge in [0.15, 0.2) is 12.5 Å². The van der Waals surface area contributed by atoms with E-state index in [1.54, 1.807) is 78.9 Å². The van der Waals surface area contributed by atoms with Gasteiger partial charge >= 0.3 is 17.9 Å². The van der Waals surface area contributed by atoms with Crippen molar-refractivity contribution >= 4 is 17.9 Å². The quantitative estimate of drug-likeness (QED) is 0.191. The summed E-state index contributed by atoms with van der Waals surface area (Å²) in [6.07, 6.45) is -4.47. The van der Waals surface area contributed by atoms with E-state index < -0.39 is 49.7 Å². The van der Waals surface area contributed by atoms with Crippen LogP contribution in [0.4, 0.5) is 4.39 Å². The van der Waals surface area contributed by atoms with Gasteiger partial charge in [0.2, 0.25) is 0 Å². The summed E-state index contributed by atoms with van der Waals surface area (Å²) >= 11 is 0. The van der Waals surface area contributed by atoms with Crippen LogP contribution in [0.5, 0.6) is 0 Å². The molecule has 0 saturated carbocycles. The molecule has 0 aliphatic carbocycles. The van der Waals surface area contributed by atoms with Gasteiger partial charge in [-0.05, 0) is 36.4 Å². The zero-order valence-corrected chi connectivity index (χ0v) is 20.2. The first kappa shape index (κ1) is 27.5. The van der Waals surface area contributed by atoms with Crippen LogP contribution < -0.4 is 0 Å². The summed E-state index contributed by atoms with van der Waals surface area (Å²) in [5, 5.41) is 0. The van der Waals surface area contributed by atoms with Crippen LogP contribution in [0.3, 0.4) is 0 Å². The Labute approximate surface area is 213 Å². The van der Waals surface area contributed by atoms with Gasteiger partial charge in [-0.1, -0.05) is 54.6 Å². The molecule has 0 heterocycles. The molecule has 0 aliphatic rings. The summed E-state index contributed by atoms with van der Waals surface area (Å²) in [4.78, 5) is 36.8. The molecule has 0 spiro atoms. The van der Waals surface area contributed by atoms with E-state index in [-0.39, 0.29) is 17.7 Å². The van der Waals surface area contributed by atoms with Crippen LogP contribution in [0.1, 0.15) is 31.1 Å². The molecule has 0 fully saturated rings. The van der Waals surface area contributed by atoms with E-state index in [1.165, 1.54) is 19.2 Å². The Morgan fingerprint density at radius 3 is 1.41 bits per heavy atom. The molecule has 0 saturated heterocycles. The molecule has 194 valence electrons. The Balaban J connectivity index is 1.62. The summed E-state index contributed by atoms with van der Waals surface area (Å²) < 4.78 is 41.5. The largest absolute Gasteiger partial charge is 0.459 e. The van der Waals surface area contributed by atoms with Crippen molar-refractivity contribution in [3.05, 3.63) is 108 Å². The summed E-state index contributed by atoms with van der Waals surface area (Å²) in [5.74, 6) is -2.03. The van der Waals surface area contributed by atoms with Gasteiger partial charge < -0.3 is 23.7 Å². The topological polar surface area (TPSA) is 97.4 Å². The molecule has 3 aromatic rings. The molecule has 3 aromatic carbocycles. The number of halogens is 1. The first-order chi connectivity index (χ1) is 18.0. The first-order valence-electron chi connectivity index (χ1n) is 11.5.